The van der Waals surface area contributed by atoms with Crippen LogP contribution < -0.4 is 16.4 Å². The number of hydrogen-bond acceptors (Lipinski definition) is 4. The highest BCUT2D eigenvalue weighted by molar-refractivity contribution is 6.04. The lowest BCUT2D eigenvalue weighted by molar-refractivity contribution is 0.262. The quantitative estimate of drug-likeness (QED) is 0.377. The molecular weight excluding hydrogens is 342 g/mol. The van der Waals surface area contributed by atoms with Crippen molar-refractivity contribution in [2.75, 3.05) is 16.4 Å². The Bertz CT molecular complexity index is 1100. The lowest BCUT2D eigenvalue weighted by Gasteiger charge is -2.09. The number of urea groups is 1. The van der Waals surface area contributed by atoms with Gasteiger partial charge in [0.15, 0.2) is 5.82 Å². The molecular formula is C20H17N5O2. The van der Waals surface area contributed by atoms with Crippen molar-refractivity contribution in [1.29, 1.82) is 0 Å². The van der Waals surface area contributed by atoms with E-state index in [0.29, 0.717) is 28.1 Å². The second-order valence-corrected chi connectivity index (χ2v) is 6.01. The van der Waals surface area contributed by atoms with Gasteiger partial charge < -0.3 is 21.5 Å². The maximum atomic E-state index is 12.1. The molecule has 0 aliphatic carbocycles. The Morgan fingerprint density at radius 2 is 1.59 bits per heavy atom. The zero-order chi connectivity index (χ0) is 18.8. The van der Waals surface area contributed by atoms with Gasteiger partial charge >= 0.3 is 6.03 Å². The predicted molar refractivity (Wildman–Crippen MR) is 107 cm³/mol. The summed E-state index contributed by atoms with van der Waals surface area (Å²) in [5, 5.41) is 22.9. The average molecular weight is 359 g/mol. The molecule has 2 amide bonds. The molecule has 134 valence electrons. The van der Waals surface area contributed by atoms with E-state index in [-0.39, 0.29) is 11.8 Å². The SMILES string of the molecule is Nc1n[nH]c2c(O)ccc(-c3ccc(NC(=O)Nc4ccccc4)cc3)c12. The van der Waals surface area contributed by atoms with Crippen molar-refractivity contribution >= 4 is 34.1 Å². The highest BCUT2D eigenvalue weighted by atomic mass is 16.3. The van der Waals surface area contributed by atoms with Gasteiger partial charge in [0.2, 0.25) is 0 Å². The number of anilines is 3. The number of nitrogens with one attached hydrogen (secondary N) is 3. The minimum Gasteiger partial charge on any atom is -0.506 e. The van der Waals surface area contributed by atoms with E-state index < -0.39 is 0 Å². The Labute approximate surface area is 154 Å². The van der Waals surface area contributed by atoms with Crippen molar-refractivity contribution in [3.8, 4) is 16.9 Å². The standard InChI is InChI=1S/C20H17N5O2/c21-19-17-15(10-11-16(26)18(17)24-25-19)12-6-8-14(9-7-12)23-20(27)22-13-4-2-1-3-5-13/h1-11,26H,(H3,21,24,25)(H2,22,23,27). The molecule has 0 saturated heterocycles. The van der Waals surface area contributed by atoms with E-state index in [0.717, 1.165) is 11.1 Å². The summed E-state index contributed by atoms with van der Waals surface area (Å²) >= 11 is 0. The van der Waals surface area contributed by atoms with E-state index in [1.165, 1.54) is 0 Å². The molecule has 4 aromatic rings. The number of hydrogen-bond donors (Lipinski definition) is 5. The Morgan fingerprint density at radius 3 is 2.30 bits per heavy atom. The Morgan fingerprint density at radius 1 is 0.926 bits per heavy atom. The third-order valence-corrected chi connectivity index (χ3v) is 4.21. The number of fused-ring (bicyclic) bond motifs is 1. The first-order valence-electron chi connectivity index (χ1n) is 8.31. The van der Waals surface area contributed by atoms with Gasteiger partial charge in [-0.25, -0.2) is 4.79 Å². The highest BCUT2D eigenvalue weighted by Crippen LogP contribution is 2.36. The van der Waals surface area contributed by atoms with Crippen LogP contribution in [-0.2, 0) is 0 Å². The summed E-state index contributed by atoms with van der Waals surface area (Å²) in [5.74, 6) is 0.411. The molecule has 7 heteroatoms. The predicted octanol–water partition coefficient (Wildman–Crippen LogP) is 4.16. The molecule has 4 rings (SSSR count). The molecule has 7 nitrogen and oxygen atoms in total. The van der Waals surface area contributed by atoms with Crippen LogP contribution in [0, 0.1) is 0 Å². The number of nitrogens with two attached hydrogens (primary N) is 1. The van der Waals surface area contributed by atoms with Crippen LogP contribution >= 0.6 is 0 Å². The largest absolute Gasteiger partial charge is 0.506 e. The third kappa shape index (κ3) is 3.25. The van der Waals surface area contributed by atoms with Crippen molar-refractivity contribution in [3.63, 3.8) is 0 Å². The second kappa shape index (κ2) is 6.72. The minimum atomic E-state index is -0.319. The number of para-hydroxylation sites is 1. The van der Waals surface area contributed by atoms with Crippen molar-refractivity contribution in [2.24, 2.45) is 0 Å². The van der Waals surface area contributed by atoms with Gasteiger partial charge in [-0.05, 0) is 47.5 Å². The first-order valence-corrected chi connectivity index (χ1v) is 8.31. The molecule has 3 aromatic carbocycles. The van der Waals surface area contributed by atoms with Crippen LogP contribution in [-0.4, -0.2) is 21.3 Å². The summed E-state index contributed by atoms with van der Waals surface area (Å²) in [6, 6.07) is 19.6. The minimum absolute atomic E-state index is 0.0915. The van der Waals surface area contributed by atoms with Gasteiger partial charge in [0.25, 0.3) is 0 Å². The first-order chi connectivity index (χ1) is 13.1. The number of carbonyl (C=O) groups is 1. The Kier molecular flexibility index (Phi) is 4.10. The maximum Gasteiger partial charge on any atom is 0.323 e. The number of benzene rings is 3. The van der Waals surface area contributed by atoms with E-state index in [4.69, 9.17) is 5.73 Å². The number of H-pyrrole nitrogens is 1. The molecule has 0 aliphatic rings. The Hall–Kier alpha value is -4.00. The molecule has 0 bridgehead atoms. The van der Waals surface area contributed by atoms with Crippen LogP contribution in [0.5, 0.6) is 5.75 Å². The number of phenols is 1. The fourth-order valence-corrected chi connectivity index (χ4v) is 2.93. The van der Waals surface area contributed by atoms with Crippen molar-refractivity contribution in [1.82, 2.24) is 10.2 Å². The Balaban J connectivity index is 1.55. The molecule has 0 aliphatic heterocycles. The van der Waals surface area contributed by atoms with Gasteiger partial charge in [0.05, 0.1) is 5.39 Å². The van der Waals surface area contributed by atoms with Crippen LogP contribution in [0.4, 0.5) is 22.0 Å². The molecule has 0 saturated carbocycles. The summed E-state index contributed by atoms with van der Waals surface area (Å²) < 4.78 is 0. The lowest BCUT2D eigenvalue weighted by Crippen LogP contribution is -2.19. The smallest absolute Gasteiger partial charge is 0.323 e. The summed E-state index contributed by atoms with van der Waals surface area (Å²) in [6.45, 7) is 0. The van der Waals surface area contributed by atoms with E-state index in [9.17, 15) is 9.90 Å². The van der Waals surface area contributed by atoms with E-state index in [1.54, 1.807) is 24.3 Å². The lowest BCUT2D eigenvalue weighted by atomic mass is 10.0. The van der Waals surface area contributed by atoms with Crippen LogP contribution in [0.2, 0.25) is 0 Å². The first kappa shape index (κ1) is 16.5. The van der Waals surface area contributed by atoms with E-state index >= 15 is 0 Å². The molecule has 0 atom stereocenters. The van der Waals surface area contributed by atoms with Crippen molar-refractivity contribution in [3.05, 3.63) is 66.7 Å². The number of nitrogen functional groups attached to an aromatic ring is 1. The zero-order valence-electron chi connectivity index (χ0n) is 14.2. The number of aromatic nitrogens is 2. The number of carbonyl (C=O) groups excluding carboxylic acids is 1. The van der Waals surface area contributed by atoms with Gasteiger partial charge in [0.1, 0.15) is 11.3 Å². The number of aromatic amines is 1. The van der Waals surface area contributed by atoms with Gasteiger partial charge in [0, 0.05) is 11.4 Å². The fraction of sp³-hybridized carbons (Fsp3) is 0. The fourth-order valence-electron chi connectivity index (χ4n) is 2.93. The molecule has 6 N–H and O–H groups in total. The van der Waals surface area contributed by atoms with Gasteiger partial charge in [-0.1, -0.05) is 30.3 Å². The highest BCUT2D eigenvalue weighted by Gasteiger charge is 2.13. The van der Waals surface area contributed by atoms with Crippen LogP contribution in [0.1, 0.15) is 0 Å². The van der Waals surface area contributed by atoms with E-state index in [1.807, 2.05) is 42.5 Å². The molecule has 27 heavy (non-hydrogen) atoms. The molecule has 0 radical (unpaired) electrons. The maximum absolute atomic E-state index is 12.1. The number of phenolic OH excluding ortho intramolecular Hbond substituents is 1. The van der Waals surface area contributed by atoms with E-state index in [2.05, 4.69) is 20.8 Å². The number of rotatable bonds is 3. The monoisotopic (exact) mass is 359 g/mol. The van der Waals surface area contributed by atoms with Crippen molar-refractivity contribution < 1.29 is 9.90 Å². The summed E-state index contributed by atoms with van der Waals surface area (Å²) in [4.78, 5) is 12.1. The van der Waals surface area contributed by atoms with Gasteiger partial charge in [-0.2, -0.15) is 5.10 Å². The summed E-state index contributed by atoms with van der Waals surface area (Å²) in [6.07, 6.45) is 0. The van der Waals surface area contributed by atoms with Gasteiger partial charge in [-0.15, -0.1) is 0 Å². The van der Waals surface area contributed by atoms with Crippen molar-refractivity contribution in [2.45, 2.75) is 0 Å². The topological polar surface area (TPSA) is 116 Å². The third-order valence-electron chi connectivity index (χ3n) is 4.21. The zero-order valence-corrected chi connectivity index (χ0v) is 14.2. The van der Waals surface area contributed by atoms with Gasteiger partial charge in [-0.3, -0.25) is 5.10 Å². The van der Waals surface area contributed by atoms with Crippen LogP contribution in [0.15, 0.2) is 66.7 Å². The molecule has 0 fully saturated rings. The average Bonchev–Trinajstić information content (AvgIpc) is 3.07. The number of amides is 2. The van der Waals surface area contributed by atoms with Crippen LogP contribution in [0.3, 0.4) is 0 Å². The number of aromatic hydroxyl groups is 1. The summed E-state index contributed by atoms with van der Waals surface area (Å²) in [5.41, 5.74) is 9.53. The normalized spacial score (nSPS) is 10.7. The molecule has 1 heterocycles. The second-order valence-electron chi connectivity index (χ2n) is 6.01. The summed E-state index contributed by atoms with van der Waals surface area (Å²) in [7, 11) is 0. The van der Waals surface area contributed by atoms with Crippen LogP contribution in [0.25, 0.3) is 22.0 Å². The molecule has 0 unspecified atom stereocenters. The molecule has 0 spiro atoms. The number of nitrogens with zero attached hydrogens (tertiary/aromatic N) is 1. The molecule has 1 aromatic heterocycles.